The molecule has 2 unspecified atom stereocenters. The molecule has 1 aromatic rings. The van der Waals surface area contributed by atoms with E-state index in [0.717, 1.165) is 25.8 Å². The Labute approximate surface area is 118 Å². The van der Waals surface area contributed by atoms with Crippen LogP contribution in [0.25, 0.3) is 0 Å². The minimum Gasteiger partial charge on any atom is -0.320 e. The summed E-state index contributed by atoms with van der Waals surface area (Å²) < 4.78 is 0. The van der Waals surface area contributed by atoms with Gasteiger partial charge in [-0.3, -0.25) is 0 Å². The second-order valence-corrected chi connectivity index (χ2v) is 5.35. The van der Waals surface area contributed by atoms with Crippen LogP contribution in [0.15, 0.2) is 55.1 Å². The molecule has 0 bridgehead atoms. The first-order chi connectivity index (χ1) is 9.17. The largest absolute Gasteiger partial charge is 0.320 e. The van der Waals surface area contributed by atoms with Crippen molar-refractivity contribution in [3.05, 3.63) is 60.7 Å². The van der Waals surface area contributed by atoms with Crippen molar-refractivity contribution in [2.45, 2.75) is 26.2 Å². The van der Waals surface area contributed by atoms with Gasteiger partial charge in [-0.1, -0.05) is 55.5 Å². The van der Waals surface area contributed by atoms with Crippen molar-refractivity contribution >= 4 is 0 Å². The molecule has 0 aliphatic heterocycles. The van der Waals surface area contributed by atoms with Crippen LogP contribution in [-0.2, 0) is 6.42 Å². The summed E-state index contributed by atoms with van der Waals surface area (Å²) in [6, 6.07) is 10.6. The Kier molecular flexibility index (Phi) is 7.20. The zero-order valence-electron chi connectivity index (χ0n) is 12.4. The Morgan fingerprint density at radius 2 is 2.00 bits per heavy atom. The van der Waals surface area contributed by atoms with E-state index in [4.69, 9.17) is 0 Å². The average molecular weight is 257 g/mol. The highest BCUT2D eigenvalue weighted by Crippen LogP contribution is 2.24. The first kappa shape index (κ1) is 15.7. The first-order valence-corrected chi connectivity index (χ1v) is 7.16. The standard InChI is InChI=1S/C18H27N/c1-5-17(11-12-19-4)13-15(2)16(3)14-18-9-7-6-8-10-18/h5-10,15,17,19H,1,3,11-14H2,2,4H3. The summed E-state index contributed by atoms with van der Waals surface area (Å²) in [6.45, 7) is 11.5. The Morgan fingerprint density at radius 1 is 1.32 bits per heavy atom. The smallest absolute Gasteiger partial charge is 0.00463 e. The fourth-order valence-electron chi connectivity index (χ4n) is 2.31. The maximum atomic E-state index is 4.27. The van der Waals surface area contributed by atoms with E-state index in [2.05, 4.69) is 61.8 Å². The van der Waals surface area contributed by atoms with Gasteiger partial charge >= 0.3 is 0 Å². The van der Waals surface area contributed by atoms with Crippen molar-refractivity contribution in [2.24, 2.45) is 11.8 Å². The molecule has 1 heteroatoms. The van der Waals surface area contributed by atoms with Crippen molar-refractivity contribution in [1.29, 1.82) is 0 Å². The molecule has 0 saturated heterocycles. The SMILES string of the molecule is C=CC(CCNC)CC(C)C(=C)Cc1ccccc1. The lowest BCUT2D eigenvalue weighted by Crippen LogP contribution is -2.15. The number of nitrogens with one attached hydrogen (secondary N) is 1. The summed E-state index contributed by atoms with van der Waals surface area (Å²) in [5, 5.41) is 3.20. The fraction of sp³-hybridized carbons (Fsp3) is 0.444. The van der Waals surface area contributed by atoms with Crippen molar-refractivity contribution in [2.75, 3.05) is 13.6 Å². The normalized spacial score (nSPS) is 13.8. The maximum absolute atomic E-state index is 4.27. The molecule has 1 rings (SSSR count). The van der Waals surface area contributed by atoms with Crippen molar-refractivity contribution in [1.82, 2.24) is 5.32 Å². The van der Waals surface area contributed by atoms with Gasteiger partial charge in [-0.2, -0.15) is 0 Å². The van der Waals surface area contributed by atoms with Crippen LogP contribution in [0, 0.1) is 11.8 Å². The van der Waals surface area contributed by atoms with Gasteiger partial charge in [0, 0.05) is 0 Å². The lowest BCUT2D eigenvalue weighted by atomic mass is 9.86. The van der Waals surface area contributed by atoms with E-state index in [-0.39, 0.29) is 0 Å². The lowest BCUT2D eigenvalue weighted by molar-refractivity contribution is 0.457. The summed E-state index contributed by atoms with van der Waals surface area (Å²) in [5.41, 5.74) is 2.67. The maximum Gasteiger partial charge on any atom is -0.00463 e. The van der Waals surface area contributed by atoms with Gasteiger partial charge in [0.2, 0.25) is 0 Å². The van der Waals surface area contributed by atoms with Gasteiger partial charge in [-0.25, -0.2) is 0 Å². The minimum atomic E-state index is 0.542. The zero-order valence-corrected chi connectivity index (χ0v) is 12.4. The van der Waals surface area contributed by atoms with E-state index in [1.54, 1.807) is 0 Å². The van der Waals surface area contributed by atoms with Crippen LogP contribution < -0.4 is 5.32 Å². The number of benzene rings is 1. The van der Waals surface area contributed by atoms with Crippen molar-refractivity contribution in [3.8, 4) is 0 Å². The van der Waals surface area contributed by atoms with Gasteiger partial charge in [-0.15, -0.1) is 6.58 Å². The van der Waals surface area contributed by atoms with Crippen LogP contribution in [-0.4, -0.2) is 13.6 Å². The molecule has 1 N–H and O–H groups in total. The number of hydrogen-bond acceptors (Lipinski definition) is 1. The Morgan fingerprint density at radius 3 is 2.58 bits per heavy atom. The highest BCUT2D eigenvalue weighted by atomic mass is 14.8. The summed E-state index contributed by atoms with van der Waals surface area (Å²) in [4.78, 5) is 0. The Balaban J connectivity index is 2.45. The van der Waals surface area contributed by atoms with Gasteiger partial charge in [-0.05, 0) is 50.3 Å². The highest BCUT2D eigenvalue weighted by Gasteiger charge is 2.13. The van der Waals surface area contributed by atoms with Crippen LogP contribution in [0.4, 0.5) is 0 Å². The molecule has 0 fully saturated rings. The van der Waals surface area contributed by atoms with Gasteiger partial charge in [0.05, 0.1) is 0 Å². The molecule has 0 spiro atoms. The number of rotatable bonds is 9. The molecule has 2 atom stereocenters. The lowest BCUT2D eigenvalue weighted by Gasteiger charge is -2.20. The zero-order chi connectivity index (χ0) is 14.1. The predicted octanol–water partition coefficient (Wildman–Crippen LogP) is 4.22. The van der Waals surface area contributed by atoms with E-state index in [1.807, 2.05) is 7.05 Å². The van der Waals surface area contributed by atoms with Gasteiger partial charge < -0.3 is 5.32 Å². The monoisotopic (exact) mass is 257 g/mol. The first-order valence-electron chi connectivity index (χ1n) is 7.16. The predicted molar refractivity (Wildman–Crippen MR) is 85.3 cm³/mol. The van der Waals surface area contributed by atoms with Gasteiger partial charge in [0.15, 0.2) is 0 Å². The summed E-state index contributed by atoms with van der Waals surface area (Å²) in [7, 11) is 2.00. The molecule has 19 heavy (non-hydrogen) atoms. The second-order valence-electron chi connectivity index (χ2n) is 5.35. The highest BCUT2D eigenvalue weighted by molar-refractivity contribution is 5.21. The van der Waals surface area contributed by atoms with Crippen LogP contribution in [0.3, 0.4) is 0 Å². The molecule has 0 radical (unpaired) electrons. The molecule has 1 aromatic carbocycles. The van der Waals surface area contributed by atoms with Gasteiger partial charge in [0.25, 0.3) is 0 Å². The van der Waals surface area contributed by atoms with Crippen LogP contribution in [0.5, 0.6) is 0 Å². The molecule has 104 valence electrons. The van der Waals surface area contributed by atoms with Gasteiger partial charge in [0.1, 0.15) is 0 Å². The minimum absolute atomic E-state index is 0.542. The summed E-state index contributed by atoms with van der Waals surface area (Å²) >= 11 is 0. The third kappa shape index (κ3) is 5.89. The van der Waals surface area contributed by atoms with E-state index >= 15 is 0 Å². The second kappa shape index (κ2) is 8.71. The molecule has 0 aliphatic rings. The molecule has 1 nitrogen and oxygen atoms in total. The summed E-state index contributed by atoms with van der Waals surface area (Å²) in [6.07, 6.45) is 5.38. The Hall–Kier alpha value is -1.34. The van der Waals surface area contributed by atoms with Crippen molar-refractivity contribution < 1.29 is 0 Å². The molecule has 0 heterocycles. The molecular formula is C18H27N. The number of allylic oxidation sites excluding steroid dienone is 2. The Bertz CT molecular complexity index is 380. The molecular weight excluding hydrogens is 230 g/mol. The summed E-state index contributed by atoms with van der Waals surface area (Å²) in [5.74, 6) is 1.12. The van der Waals surface area contributed by atoms with E-state index in [0.29, 0.717) is 11.8 Å². The average Bonchev–Trinajstić information content (AvgIpc) is 2.44. The van der Waals surface area contributed by atoms with Crippen LogP contribution in [0.2, 0.25) is 0 Å². The van der Waals surface area contributed by atoms with E-state index in [9.17, 15) is 0 Å². The third-order valence-electron chi connectivity index (χ3n) is 3.73. The topological polar surface area (TPSA) is 12.0 Å². The number of hydrogen-bond donors (Lipinski definition) is 1. The fourth-order valence-corrected chi connectivity index (χ4v) is 2.31. The molecule has 0 amide bonds. The molecule has 0 aromatic heterocycles. The third-order valence-corrected chi connectivity index (χ3v) is 3.73. The van der Waals surface area contributed by atoms with E-state index in [1.165, 1.54) is 11.1 Å². The molecule has 0 aliphatic carbocycles. The molecule has 0 saturated carbocycles. The van der Waals surface area contributed by atoms with E-state index < -0.39 is 0 Å². The van der Waals surface area contributed by atoms with Crippen LogP contribution >= 0.6 is 0 Å². The van der Waals surface area contributed by atoms with Crippen LogP contribution in [0.1, 0.15) is 25.3 Å². The quantitative estimate of drug-likeness (QED) is 0.653. The van der Waals surface area contributed by atoms with Crippen molar-refractivity contribution in [3.63, 3.8) is 0 Å².